The molecule has 0 aromatic heterocycles. The summed E-state index contributed by atoms with van der Waals surface area (Å²) in [6.45, 7) is 19.7. The molecule has 0 radical (unpaired) electrons. The lowest BCUT2D eigenvalue weighted by molar-refractivity contribution is -0.134. The van der Waals surface area contributed by atoms with Gasteiger partial charge in [0.2, 0.25) is 11.8 Å². The number of unbranched alkanes of at least 4 members (excludes halogenated alkanes) is 44. The summed E-state index contributed by atoms with van der Waals surface area (Å²) in [6, 6.07) is 0. The molecule has 0 unspecified atom stereocenters. The van der Waals surface area contributed by atoms with E-state index < -0.39 is 0 Å². The van der Waals surface area contributed by atoms with E-state index in [2.05, 4.69) is 56.8 Å². The lowest BCUT2D eigenvalue weighted by Gasteiger charge is -2.25. The molecule has 0 aliphatic carbocycles. The molecule has 74 heavy (non-hydrogen) atoms. The van der Waals surface area contributed by atoms with Gasteiger partial charge in [-0.2, -0.15) is 0 Å². The minimum absolute atomic E-state index is 0.134. The predicted octanol–water partition coefficient (Wildman–Crippen LogP) is 19.6. The summed E-state index contributed by atoms with van der Waals surface area (Å²) in [5.74, 6) is 0.334. The third-order valence-corrected chi connectivity index (χ3v) is 16.2. The van der Waals surface area contributed by atoms with Crippen LogP contribution in [-0.4, -0.2) is 104 Å². The first-order valence-electron chi connectivity index (χ1n) is 34.1. The van der Waals surface area contributed by atoms with Crippen molar-refractivity contribution in [2.24, 2.45) is 0 Å². The first kappa shape index (κ1) is 72.8. The average Bonchev–Trinajstić information content (AvgIpc) is 3.91. The molecule has 7 nitrogen and oxygen atoms in total. The Morgan fingerprint density at radius 1 is 0.324 bits per heavy atom. The van der Waals surface area contributed by atoms with Crippen molar-refractivity contribution < 1.29 is 9.59 Å². The number of nitrogens with one attached hydrogen (secondary N) is 1. The minimum Gasteiger partial charge on any atom is -0.322 e. The van der Waals surface area contributed by atoms with Crippen molar-refractivity contribution in [2.75, 3.05) is 72.6 Å². The Hall–Kier alpha value is -1.18. The number of carbonyl (C=O) groups is 2. The Balaban J connectivity index is 0.00000173. The molecule has 0 aromatic carbocycles. The molecule has 0 bridgehead atoms. The molecule has 1 aliphatic rings. The molecule has 1 rings (SSSR count). The average molecular weight is 1040 g/mol. The van der Waals surface area contributed by atoms with Crippen molar-refractivity contribution in [3.63, 3.8) is 0 Å². The largest absolute Gasteiger partial charge is 0.322 e. The molecule has 1 saturated heterocycles. The standard InChI is InChI=1S/C42H84N4O2.C25H53N/c1-4-7-10-13-16-19-21-24-27-30-33-43-38-41(47)45-36-37-46(40-45)42(48)39-44(34-31-28-25-22-18-15-12-9-6-3)35-32-29-26-23-20-17-14-11-8-5-2;1-4-6-8-10-12-14-16-18-20-22-24-26(3)25-23-21-19-17-15-13-11-9-7-5-2/h43H,4-40H2,1-3H3;4-25H2,1-3H3. The van der Waals surface area contributed by atoms with Crippen LogP contribution in [0.3, 0.4) is 0 Å². The van der Waals surface area contributed by atoms with Gasteiger partial charge in [0.05, 0.1) is 19.8 Å². The molecule has 1 fully saturated rings. The maximum Gasteiger partial charge on any atom is 0.238 e. The van der Waals surface area contributed by atoms with E-state index in [4.69, 9.17) is 0 Å². The second-order valence-corrected chi connectivity index (χ2v) is 23.8. The van der Waals surface area contributed by atoms with E-state index in [1.807, 2.05) is 9.80 Å². The fourth-order valence-electron chi connectivity index (χ4n) is 10.9. The van der Waals surface area contributed by atoms with Crippen LogP contribution in [0, 0.1) is 0 Å². The van der Waals surface area contributed by atoms with Crippen LogP contribution >= 0.6 is 0 Å². The van der Waals surface area contributed by atoms with Gasteiger partial charge in [-0.25, -0.2) is 0 Å². The highest BCUT2D eigenvalue weighted by Crippen LogP contribution is 2.16. The second kappa shape index (κ2) is 61.0. The molecular formula is C67H137N5O2. The van der Waals surface area contributed by atoms with Crippen LogP contribution in [0.1, 0.15) is 349 Å². The molecule has 1 N–H and O–H groups in total. The van der Waals surface area contributed by atoms with Crippen LogP contribution in [0.4, 0.5) is 0 Å². The van der Waals surface area contributed by atoms with Crippen molar-refractivity contribution >= 4 is 11.8 Å². The molecule has 0 atom stereocenters. The molecule has 1 heterocycles. The second-order valence-electron chi connectivity index (χ2n) is 23.8. The van der Waals surface area contributed by atoms with E-state index in [1.54, 1.807) is 0 Å². The lowest BCUT2D eigenvalue weighted by atomic mass is 10.1. The van der Waals surface area contributed by atoms with Crippen LogP contribution in [0.5, 0.6) is 0 Å². The monoisotopic (exact) mass is 1040 g/mol. The minimum atomic E-state index is 0.134. The fraction of sp³-hybridized carbons (Fsp3) is 0.970. The third kappa shape index (κ3) is 52.9. The van der Waals surface area contributed by atoms with Gasteiger partial charge in [-0.15, -0.1) is 0 Å². The molecule has 2 amide bonds. The van der Waals surface area contributed by atoms with E-state index in [1.165, 1.54) is 321 Å². The Morgan fingerprint density at radius 2 is 0.568 bits per heavy atom. The van der Waals surface area contributed by atoms with Crippen LogP contribution in [0.2, 0.25) is 0 Å². The van der Waals surface area contributed by atoms with Gasteiger partial charge in [-0.3, -0.25) is 14.5 Å². The highest BCUT2D eigenvalue weighted by atomic mass is 16.2. The number of hydrogen-bond donors (Lipinski definition) is 1. The van der Waals surface area contributed by atoms with Gasteiger partial charge >= 0.3 is 0 Å². The molecular weight excluding hydrogens is 907 g/mol. The number of amides is 2. The summed E-state index contributed by atoms with van der Waals surface area (Å²) >= 11 is 0. The van der Waals surface area contributed by atoms with Gasteiger partial charge in [0.25, 0.3) is 0 Å². The highest BCUT2D eigenvalue weighted by molar-refractivity contribution is 5.82. The quantitative estimate of drug-likeness (QED) is 0.0615. The van der Waals surface area contributed by atoms with Crippen molar-refractivity contribution in [1.29, 1.82) is 0 Å². The molecule has 0 spiro atoms. The first-order valence-corrected chi connectivity index (χ1v) is 34.1. The highest BCUT2D eigenvalue weighted by Gasteiger charge is 2.28. The SMILES string of the molecule is CCCCCCCCCCCCN(C)CCCCCCCCCCCC.CCCCCCCCCCCCNCC(=O)N1CCN(C(=O)CN(CCCCCCCCCCC)CCCCCCCCCCCC)C1. The maximum atomic E-state index is 13.4. The first-order chi connectivity index (χ1) is 36.4. The fourth-order valence-corrected chi connectivity index (χ4v) is 10.9. The summed E-state index contributed by atoms with van der Waals surface area (Å²) in [5, 5.41) is 3.36. The van der Waals surface area contributed by atoms with E-state index >= 15 is 0 Å². The van der Waals surface area contributed by atoms with Crippen LogP contribution in [0.15, 0.2) is 0 Å². The van der Waals surface area contributed by atoms with E-state index in [0.29, 0.717) is 32.8 Å². The molecule has 7 heteroatoms. The zero-order valence-electron chi connectivity index (χ0n) is 51.8. The summed E-state index contributed by atoms with van der Waals surface area (Å²) < 4.78 is 0. The normalized spacial score (nSPS) is 12.7. The van der Waals surface area contributed by atoms with Gasteiger partial charge < -0.3 is 20.0 Å². The number of hydrogen-bond acceptors (Lipinski definition) is 5. The van der Waals surface area contributed by atoms with Gasteiger partial charge in [0.15, 0.2) is 0 Å². The Morgan fingerprint density at radius 3 is 0.865 bits per heavy atom. The van der Waals surface area contributed by atoms with Crippen LogP contribution < -0.4 is 5.32 Å². The molecule has 442 valence electrons. The van der Waals surface area contributed by atoms with Gasteiger partial charge in [0.1, 0.15) is 0 Å². The van der Waals surface area contributed by atoms with Crippen molar-refractivity contribution in [1.82, 2.24) is 24.9 Å². The van der Waals surface area contributed by atoms with Gasteiger partial charge in [-0.1, -0.05) is 317 Å². The topological polar surface area (TPSA) is 59.1 Å². The summed E-state index contributed by atoms with van der Waals surface area (Å²) in [5.41, 5.74) is 0. The van der Waals surface area contributed by atoms with E-state index in [9.17, 15) is 9.59 Å². The van der Waals surface area contributed by atoms with Crippen LogP contribution in [-0.2, 0) is 9.59 Å². The van der Waals surface area contributed by atoms with E-state index in [-0.39, 0.29) is 11.8 Å². The zero-order chi connectivity index (χ0) is 53.9. The molecule has 1 aliphatic heterocycles. The van der Waals surface area contributed by atoms with Crippen molar-refractivity contribution in [3.05, 3.63) is 0 Å². The Labute approximate surface area is 466 Å². The summed E-state index contributed by atoms with van der Waals surface area (Å²) in [6.07, 6.45) is 67.6. The lowest BCUT2D eigenvalue weighted by Crippen LogP contribution is -2.42. The van der Waals surface area contributed by atoms with Gasteiger partial charge in [0, 0.05) is 13.1 Å². The smallest absolute Gasteiger partial charge is 0.238 e. The Bertz CT molecular complexity index is 1080. The van der Waals surface area contributed by atoms with Crippen LogP contribution in [0.25, 0.3) is 0 Å². The summed E-state index contributed by atoms with van der Waals surface area (Å²) in [7, 11) is 2.32. The number of carbonyl (C=O) groups excluding carboxylic acids is 2. The number of rotatable bonds is 58. The Kier molecular flexibility index (Phi) is 60.1. The predicted molar refractivity (Wildman–Crippen MR) is 330 cm³/mol. The summed E-state index contributed by atoms with van der Waals surface area (Å²) in [4.78, 5) is 35.0. The van der Waals surface area contributed by atoms with Crippen molar-refractivity contribution in [2.45, 2.75) is 349 Å². The molecule has 0 aromatic rings. The third-order valence-electron chi connectivity index (χ3n) is 16.2. The molecule has 0 saturated carbocycles. The van der Waals surface area contributed by atoms with E-state index in [0.717, 1.165) is 26.1 Å². The van der Waals surface area contributed by atoms with Crippen molar-refractivity contribution in [3.8, 4) is 0 Å². The number of nitrogens with zero attached hydrogens (tertiary/aromatic N) is 4. The van der Waals surface area contributed by atoms with Gasteiger partial charge in [-0.05, 0) is 71.9 Å². The zero-order valence-corrected chi connectivity index (χ0v) is 51.8. The maximum absolute atomic E-state index is 13.4.